The fraction of sp³-hybridized carbons (Fsp3) is 0.444. The molecule has 128 valence electrons. The Balaban J connectivity index is 1.72. The van der Waals surface area contributed by atoms with Gasteiger partial charge in [-0.1, -0.05) is 18.2 Å². The number of imidazole rings is 1. The van der Waals surface area contributed by atoms with Gasteiger partial charge < -0.3 is 20.1 Å². The van der Waals surface area contributed by atoms with Gasteiger partial charge in [0.2, 0.25) is 5.91 Å². The number of carbonyl (C=O) groups is 1. The van der Waals surface area contributed by atoms with Gasteiger partial charge in [-0.15, -0.1) is 0 Å². The van der Waals surface area contributed by atoms with Crippen molar-refractivity contribution in [2.45, 2.75) is 19.9 Å². The number of nitrogens with zero attached hydrogens (tertiary/aromatic N) is 3. The summed E-state index contributed by atoms with van der Waals surface area (Å²) >= 11 is 0. The zero-order chi connectivity index (χ0) is 17.1. The van der Waals surface area contributed by atoms with E-state index in [1.165, 1.54) is 0 Å². The zero-order valence-corrected chi connectivity index (χ0v) is 14.5. The van der Waals surface area contributed by atoms with Gasteiger partial charge in [0, 0.05) is 44.8 Å². The Morgan fingerprint density at radius 2 is 2.12 bits per heavy atom. The second-order valence-corrected chi connectivity index (χ2v) is 6.32. The van der Waals surface area contributed by atoms with Crippen LogP contribution in [0.25, 0.3) is 0 Å². The predicted molar refractivity (Wildman–Crippen MR) is 94.9 cm³/mol. The number of aryl methyl sites for hydroxylation is 3. The number of nitrogens with one attached hydrogen (secondary N) is 2. The smallest absolute Gasteiger partial charge is 0.242 e. The first-order valence-corrected chi connectivity index (χ1v) is 8.35. The summed E-state index contributed by atoms with van der Waals surface area (Å²) < 4.78 is 1.98. The molecule has 24 heavy (non-hydrogen) atoms. The summed E-state index contributed by atoms with van der Waals surface area (Å²) in [5, 5.41) is 6.68. The van der Waals surface area contributed by atoms with E-state index in [1.807, 2.05) is 28.8 Å². The molecule has 1 amide bonds. The second-order valence-electron chi connectivity index (χ2n) is 6.32. The van der Waals surface area contributed by atoms with E-state index in [1.54, 1.807) is 6.20 Å². The Labute approximate surface area is 142 Å². The van der Waals surface area contributed by atoms with Gasteiger partial charge >= 0.3 is 0 Å². The third kappa shape index (κ3) is 3.28. The van der Waals surface area contributed by atoms with Crippen molar-refractivity contribution in [2.24, 2.45) is 7.05 Å². The molecule has 2 heterocycles. The molecule has 1 aliphatic heterocycles. The number of para-hydroxylation sites is 1. The molecule has 1 aromatic carbocycles. The Hall–Kier alpha value is -2.34. The minimum atomic E-state index is -0.0222. The maximum absolute atomic E-state index is 12.8. The zero-order valence-electron chi connectivity index (χ0n) is 14.5. The minimum absolute atomic E-state index is 0.0222. The topological polar surface area (TPSA) is 62.2 Å². The van der Waals surface area contributed by atoms with Crippen LogP contribution in [0.4, 0.5) is 5.69 Å². The number of carbonyl (C=O) groups excluding carboxylic acids is 1. The molecular weight excluding hydrogens is 302 g/mol. The van der Waals surface area contributed by atoms with Crippen LogP contribution in [0.15, 0.2) is 30.6 Å². The van der Waals surface area contributed by atoms with E-state index in [9.17, 15) is 4.79 Å². The SMILES string of the molecule is Cc1cccc(C)c1NCC(=O)N1CCNCC1c1nccn1C. The summed E-state index contributed by atoms with van der Waals surface area (Å²) in [5.74, 6) is 1.02. The molecule has 0 radical (unpaired) electrons. The summed E-state index contributed by atoms with van der Waals surface area (Å²) in [6.07, 6.45) is 3.70. The molecule has 3 rings (SSSR count). The lowest BCUT2D eigenvalue weighted by molar-refractivity contribution is -0.132. The van der Waals surface area contributed by atoms with Gasteiger partial charge in [0.15, 0.2) is 0 Å². The highest BCUT2D eigenvalue weighted by Gasteiger charge is 2.30. The number of piperazine rings is 1. The summed E-state index contributed by atoms with van der Waals surface area (Å²) in [5.41, 5.74) is 3.36. The van der Waals surface area contributed by atoms with Crippen molar-refractivity contribution in [2.75, 3.05) is 31.5 Å². The van der Waals surface area contributed by atoms with E-state index in [4.69, 9.17) is 0 Å². The summed E-state index contributed by atoms with van der Waals surface area (Å²) in [7, 11) is 1.97. The molecule has 6 nitrogen and oxygen atoms in total. The number of rotatable bonds is 4. The maximum atomic E-state index is 12.8. The van der Waals surface area contributed by atoms with Crippen LogP contribution in [0.1, 0.15) is 23.0 Å². The van der Waals surface area contributed by atoms with Crippen LogP contribution in [-0.2, 0) is 11.8 Å². The van der Waals surface area contributed by atoms with Crippen LogP contribution in [0, 0.1) is 13.8 Å². The van der Waals surface area contributed by atoms with Gasteiger partial charge in [0.05, 0.1) is 6.54 Å². The highest BCUT2D eigenvalue weighted by atomic mass is 16.2. The molecule has 1 unspecified atom stereocenters. The average molecular weight is 327 g/mol. The average Bonchev–Trinajstić information content (AvgIpc) is 3.00. The molecule has 1 aliphatic rings. The standard InChI is InChI=1S/C18H25N5O/c1-13-5-4-6-14(2)17(13)21-12-16(24)23-10-7-19-11-15(23)18-20-8-9-22(18)3/h4-6,8-9,15,19,21H,7,10-12H2,1-3H3. The molecule has 6 heteroatoms. The third-order valence-corrected chi connectivity index (χ3v) is 4.62. The normalized spacial score (nSPS) is 17.8. The van der Waals surface area contributed by atoms with Crippen LogP contribution in [0.3, 0.4) is 0 Å². The van der Waals surface area contributed by atoms with Gasteiger partial charge in [0.1, 0.15) is 11.9 Å². The first-order chi connectivity index (χ1) is 11.6. The molecule has 2 aromatic rings. The van der Waals surface area contributed by atoms with Crippen molar-refractivity contribution in [1.29, 1.82) is 0 Å². The van der Waals surface area contributed by atoms with E-state index in [2.05, 4.69) is 41.6 Å². The number of amides is 1. The first-order valence-electron chi connectivity index (χ1n) is 8.35. The maximum Gasteiger partial charge on any atom is 0.242 e. The van der Waals surface area contributed by atoms with Crippen LogP contribution in [-0.4, -0.2) is 46.5 Å². The van der Waals surface area contributed by atoms with Crippen molar-refractivity contribution < 1.29 is 4.79 Å². The molecule has 1 atom stereocenters. The van der Waals surface area contributed by atoms with Gasteiger partial charge in [-0.05, 0) is 25.0 Å². The number of hydrogen-bond acceptors (Lipinski definition) is 4. The Kier molecular flexibility index (Phi) is 4.85. The fourth-order valence-electron chi connectivity index (χ4n) is 3.29. The van der Waals surface area contributed by atoms with Gasteiger partial charge in [-0.3, -0.25) is 4.79 Å². The molecule has 1 aromatic heterocycles. The Morgan fingerprint density at radius 1 is 1.38 bits per heavy atom. The van der Waals surface area contributed by atoms with Gasteiger partial charge in [-0.25, -0.2) is 4.98 Å². The third-order valence-electron chi connectivity index (χ3n) is 4.62. The van der Waals surface area contributed by atoms with E-state index < -0.39 is 0 Å². The summed E-state index contributed by atoms with van der Waals surface area (Å²) in [6.45, 7) is 6.66. The minimum Gasteiger partial charge on any atom is -0.376 e. The van der Waals surface area contributed by atoms with Crippen LogP contribution < -0.4 is 10.6 Å². The van der Waals surface area contributed by atoms with Crippen LogP contribution in [0.5, 0.6) is 0 Å². The van der Waals surface area contributed by atoms with Gasteiger partial charge in [0.25, 0.3) is 0 Å². The predicted octanol–water partition coefficient (Wildman–Crippen LogP) is 1.62. The lowest BCUT2D eigenvalue weighted by Gasteiger charge is -2.36. The largest absolute Gasteiger partial charge is 0.376 e. The second kappa shape index (κ2) is 7.05. The number of benzene rings is 1. The van der Waals surface area contributed by atoms with E-state index >= 15 is 0 Å². The van der Waals surface area contributed by atoms with Gasteiger partial charge in [-0.2, -0.15) is 0 Å². The molecule has 0 spiro atoms. The van der Waals surface area contributed by atoms with Crippen molar-refractivity contribution in [3.05, 3.63) is 47.5 Å². The monoisotopic (exact) mass is 327 g/mol. The Bertz CT molecular complexity index is 704. The van der Waals surface area contributed by atoms with Crippen molar-refractivity contribution in [1.82, 2.24) is 19.8 Å². The highest BCUT2D eigenvalue weighted by Crippen LogP contribution is 2.22. The number of aromatic nitrogens is 2. The highest BCUT2D eigenvalue weighted by molar-refractivity contribution is 5.82. The van der Waals surface area contributed by atoms with Crippen LogP contribution in [0.2, 0.25) is 0 Å². The number of hydrogen-bond donors (Lipinski definition) is 2. The molecule has 0 saturated carbocycles. The molecule has 1 fully saturated rings. The summed E-state index contributed by atoms with van der Waals surface area (Å²) in [6, 6.07) is 6.12. The van der Waals surface area contributed by atoms with E-state index in [0.29, 0.717) is 13.1 Å². The fourth-order valence-corrected chi connectivity index (χ4v) is 3.29. The van der Waals surface area contributed by atoms with Crippen molar-refractivity contribution >= 4 is 11.6 Å². The number of anilines is 1. The molecular formula is C18H25N5O. The van der Waals surface area contributed by atoms with Crippen molar-refractivity contribution in [3.8, 4) is 0 Å². The quantitative estimate of drug-likeness (QED) is 0.896. The molecule has 0 bridgehead atoms. The first kappa shape index (κ1) is 16.5. The lowest BCUT2D eigenvalue weighted by Crippen LogP contribution is -2.51. The summed E-state index contributed by atoms with van der Waals surface area (Å²) in [4.78, 5) is 19.2. The van der Waals surface area contributed by atoms with E-state index in [0.717, 1.165) is 35.7 Å². The van der Waals surface area contributed by atoms with Crippen molar-refractivity contribution in [3.63, 3.8) is 0 Å². The Morgan fingerprint density at radius 3 is 2.79 bits per heavy atom. The molecule has 0 aliphatic carbocycles. The lowest BCUT2D eigenvalue weighted by atomic mass is 10.1. The molecule has 1 saturated heterocycles. The van der Waals surface area contributed by atoms with Crippen LogP contribution >= 0.6 is 0 Å². The molecule has 2 N–H and O–H groups in total. The van der Waals surface area contributed by atoms with E-state index in [-0.39, 0.29) is 11.9 Å².